The Labute approximate surface area is 175 Å². The molecule has 2 amide bonds. The first-order valence-electron chi connectivity index (χ1n) is 8.89. The van der Waals surface area contributed by atoms with Crippen LogP contribution in [0.25, 0.3) is 10.9 Å². The molecule has 2 N–H and O–H groups in total. The predicted molar refractivity (Wildman–Crippen MR) is 111 cm³/mol. The number of carbonyl (C=O) groups excluding carboxylic acids is 2. The third-order valence-corrected chi connectivity index (χ3v) is 4.61. The van der Waals surface area contributed by atoms with Crippen molar-refractivity contribution in [2.24, 2.45) is 0 Å². The molecule has 1 aromatic heterocycles. The molecule has 0 saturated heterocycles. The predicted octanol–water partition coefficient (Wildman–Crippen LogP) is 2.16. The van der Waals surface area contributed by atoms with Crippen LogP contribution in [0.4, 0.5) is 0 Å². The van der Waals surface area contributed by atoms with Crippen molar-refractivity contribution in [2.45, 2.75) is 26.0 Å². The highest BCUT2D eigenvalue weighted by Crippen LogP contribution is 2.18. The van der Waals surface area contributed by atoms with E-state index >= 15 is 0 Å². The van der Waals surface area contributed by atoms with Gasteiger partial charge in [0.1, 0.15) is 5.75 Å². The van der Waals surface area contributed by atoms with Gasteiger partial charge in [0.05, 0.1) is 17.2 Å². The molecule has 1 unspecified atom stereocenters. The highest BCUT2D eigenvalue weighted by Gasteiger charge is 2.15. The molecule has 1 atom stereocenters. The first-order valence-corrected chi connectivity index (χ1v) is 9.68. The van der Waals surface area contributed by atoms with Crippen LogP contribution in [0.2, 0.25) is 0 Å². The number of nitrogens with zero attached hydrogens (tertiary/aromatic N) is 2. The standard InChI is InChI=1S/C20H19BrN4O4/c1-13(29-15-6-4-5-14(21)11-15)19(27)24-23-18(26)9-10-25-12-22-17-8-3-2-7-16(17)20(25)28/h2-8,11-13H,9-10H2,1H3,(H,23,26)(H,24,27). The Bertz CT molecular complexity index is 1100. The van der Waals surface area contributed by atoms with Crippen LogP contribution in [0.15, 0.2) is 64.1 Å². The SMILES string of the molecule is CC(Oc1cccc(Br)c1)C(=O)NNC(=O)CCn1cnc2ccccc2c1=O. The van der Waals surface area contributed by atoms with E-state index in [1.807, 2.05) is 6.07 Å². The molecule has 3 aromatic rings. The summed E-state index contributed by atoms with van der Waals surface area (Å²) in [4.78, 5) is 40.7. The van der Waals surface area contributed by atoms with Crippen molar-refractivity contribution in [2.75, 3.05) is 0 Å². The maximum absolute atomic E-state index is 12.4. The number of benzene rings is 2. The van der Waals surface area contributed by atoms with Gasteiger partial charge < -0.3 is 4.74 Å². The summed E-state index contributed by atoms with van der Waals surface area (Å²) in [5.41, 5.74) is 5.03. The quantitative estimate of drug-likeness (QED) is 0.551. The monoisotopic (exact) mass is 458 g/mol. The number of ether oxygens (including phenoxy) is 1. The van der Waals surface area contributed by atoms with Crippen LogP contribution in [-0.4, -0.2) is 27.5 Å². The van der Waals surface area contributed by atoms with Crippen molar-refractivity contribution >= 4 is 38.6 Å². The van der Waals surface area contributed by atoms with Gasteiger partial charge in [-0.2, -0.15) is 0 Å². The highest BCUT2D eigenvalue weighted by atomic mass is 79.9. The molecule has 0 spiro atoms. The van der Waals surface area contributed by atoms with Gasteiger partial charge in [-0.15, -0.1) is 0 Å². The van der Waals surface area contributed by atoms with Gasteiger partial charge in [0.2, 0.25) is 5.91 Å². The maximum atomic E-state index is 12.4. The van der Waals surface area contributed by atoms with E-state index in [0.29, 0.717) is 16.7 Å². The van der Waals surface area contributed by atoms with Crippen molar-refractivity contribution < 1.29 is 14.3 Å². The molecule has 0 bridgehead atoms. The van der Waals surface area contributed by atoms with Crippen molar-refractivity contribution in [3.8, 4) is 5.75 Å². The number of para-hydroxylation sites is 1. The average molecular weight is 459 g/mol. The number of fused-ring (bicyclic) bond motifs is 1. The Morgan fingerprint density at radius 1 is 1.17 bits per heavy atom. The van der Waals surface area contributed by atoms with E-state index in [-0.39, 0.29) is 18.5 Å². The summed E-state index contributed by atoms with van der Waals surface area (Å²) in [5.74, 6) is -0.410. The van der Waals surface area contributed by atoms with Gasteiger partial charge in [-0.1, -0.05) is 34.1 Å². The molecule has 3 rings (SSSR count). The second-order valence-electron chi connectivity index (χ2n) is 6.27. The minimum absolute atomic E-state index is 0.00107. The van der Waals surface area contributed by atoms with Crippen LogP contribution in [0.1, 0.15) is 13.3 Å². The number of amides is 2. The van der Waals surface area contributed by atoms with Gasteiger partial charge in [0.15, 0.2) is 6.10 Å². The minimum Gasteiger partial charge on any atom is -0.481 e. The fourth-order valence-corrected chi connectivity index (χ4v) is 2.96. The Balaban J connectivity index is 1.49. The van der Waals surface area contributed by atoms with E-state index in [9.17, 15) is 14.4 Å². The molecule has 2 aromatic carbocycles. The molecule has 9 heteroatoms. The van der Waals surface area contributed by atoms with Gasteiger partial charge in [-0.3, -0.25) is 29.8 Å². The average Bonchev–Trinajstić information content (AvgIpc) is 2.71. The lowest BCUT2D eigenvalue weighted by Crippen LogP contribution is -2.47. The van der Waals surface area contributed by atoms with E-state index in [1.165, 1.54) is 10.9 Å². The third kappa shape index (κ3) is 5.41. The van der Waals surface area contributed by atoms with Crippen LogP contribution < -0.4 is 21.1 Å². The summed E-state index contributed by atoms with van der Waals surface area (Å²) >= 11 is 3.33. The summed E-state index contributed by atoms with van der Waals surface area (Å²) in [6.45, 7) is 1.71. The molecule has 29 heavy (non-hydrogen) atoms. The summed E-state index contributed by atoms with van der Waals surface area (Å²) in [5, 5.41) is 0.488. The lowest BCUT2D eigenvalue weighted by Gasteiger charge is -2.15. The lowest BCUT2D eigenvalue weighted by molar-refractivity contribution is -0.132. The summed E-state index contributed by atoms with van der Waals surface area (Å²) in [6.07, 6.45) is 0.600. The Hall–Kier alpha value is -3.20. The van der Waals surface area contributed by atoms with Crippen molar-refractivity contribution in [3.05, 3.63) is 69.7 Å². The highest BCUT2D eigenvalue weighted by molar-refractivity contribution is 9.10. The second-order valence-corrected chi connectivity index (χ2v) is 7.18. The van der Waals surface area contributed by atoms with Crippen LogP contribution in [0.3, 0.4) is 0 Å². The van der Waals surface area contributed by atoms with Gasteiger partial charge >= 0.3 is 0 Å². The molecular weight excluding hydrogens is 440 g/mol. The van der Waals surface area contributed by atoms with Gasteiger partial charge in [-0.25, -0.2) is 4.98 Å². The number of hydrogen-bond donors (Lipinski definition) is 2. The Kier molecular flexibility index (Phi) is 6.61. The molecule has 0 aliphatic heterocycles. The number of hydrazine groups is 1. The van der Waals surface area contributed by atoms with E-state index in [2.05, 4.69) is 31.8 Å². The number of rotatable bonds is 6. The molecule has 0 aliphatic carbocycles. The first kappa shape index (κ1) is 20.5. The minimum atomic E-state index is -0.808. The number of aryl methyl sites for hydroxylation is 1. The smallest absolute Gasteiger partial charge is 0.279 e. The van der Waals surface area contributed by atoms with Crippen LogP contribution in [0, 0.1) is 0 Å². The zero-order valence-electron chi connectivity index (χ0n) is 15.6. The molecular formula is C20H19BrN4O4. The fourth-order valence-electron chi connectivity index (χ4n) is 2.58. The third-order valence-electron chi connectivity index (χ3n) is 4.11. The summed E-state index contributed by atoms with van der Waals surface area (Å²) in [6, 6.07) is 14.1. The van der Waals surface area contributed by atoms with Crippen LogP contribution >= 0.6 is 15.9 Å². The van der Waals surface area contributed by atoms with Crippen molar-refractivity contribution in [3.63, 3.8) is 0 Å². The van der Waals surface area contributed by atoms with E-state index < -0.39 is 17.9 Å². The Morgan fingerprint density at radius 3 is 2.76 bits per heavy atom. The maximum Gasteiger partial charge on any atom is 0.279 e. The van der Waals surface area contributed by atoms with E-state index in [4.69, 9.17) is 4.74 Å². The Morgan fingerprint density at radius 2 is 1.97 bits per heavy atom. The van der Waals surface area contributed by atoms with Crippen LogP contribution in [-0.2, 0) is 16.1 Å². The zero-order chi connectivity index (χ0) is 20.8. The molecule has 0 fully saturated rings. The fraction of sp³-hybridized carbons (Fsp3) is 0.200. The zero-order valence-corrected chi connectivity index (χ0v) is 17.2. The van der Waals surface area contributed by atoms with E-state index in [1.54, 1.807) is 49.4 Å². The van der Waals surface area contributed by atoms with Gasteiger partial charge in [-0.05, 0) is 37.3 Å². The summed E-state index contributed by atoms with van der Waals surface area (Å²) < 4.78 is 7.72. The number of hydrogen-bond acceptors (Lipinski definition) is 5. The first-order chi connectivity index (χ1) is 13.9. The molecule has 0 radical (unpaired) electrons. The topological polar surface area (TPSA) is 102 Å². The van der Waals surface area contributed by atoms with Gasteiger partial charge in [0.25, 0.3) is 11.5 Å². The van der Waals surface area contributed by atoms with Crippen molar-refractivity contribution in [1.82, 2.24) is 20.4 Å². The second kappa shape index (κ2) is 9.33. The number of carbonyl (C=O) groups is 2. The lowest BCUT2D eigenvalue weighted by atomic mass is 10.2. The summed E-state index contributed by atoms with van der Waals surface area (Å²) in [7, 11) is 0. The number of nitrogens with one attached hydrogen (secondary N) is 2. The molecule has 8 nitrogen and oxygen atoms in total. The largest absolute Gasteiger partial charge is 0.481 e. The number of aromatic nitrogens is 2. The molecule has 0 saturated carbocycles. The molecule has 150 valence electrons. The molecule has 1 heterocycles. The van der Waals surface area contributed by atoms with Crippen LogP contribution in [0.5, 0.6) is 5.75 Å². The molecule has 0 aliphatic rings. The van der Waals surface area contributed by atoms with Crippen molar-refractivity contribution in [1.29, 1.82) is 0 Å². The van der Waals surface area contributed by atoms with Gasteiger partial charge in [0, 0.05) is 17.4 Å². The normalized spacial score (nSPS) is 11.7. The number of halogens is 1. The van der Waals surface area contributed by atoms with E-state index in [0.717, 1.165) is 4.47 Å².